The molecule has 2 aliphatic heterocycles. The molecule has 2 heterocycles. The lowest BCUT2D eigenvalue weighted by atomic mass is 10.2. The van der Waals surface area contributed by atoms with Gasteiger partial charge in [-0.2, -0.15) is 4.31 Å². The third-order valence-corrected chi connectivity index (χ3v) is 7.81. The lowest BCUT2D eigenvalue weighted by molar-refractivity contribution is -0.132. The second-order valence-corrected chi connectivity index (χ2v) is 9.80. The first-order chi connectivity index (χ1) is 12.9. The van der Waals surface area contributed by atoms with Crippen LogP contribution >= 0.6 is 23.2 Å². The van der Waals surface area contributed by atoms with Crippen molar-refractivity contribution >= 4 is 39.1 Å². The zero-order valence-corrected chi connectivity index (χ0v) is 17.6. The molecule has 0 radical (unpaired) electrons. The molecule has 1 amide bonds. The molecule has 0 unspecified atom stereocenters. The van der Waals surface area contributed by atoms with E-state index in [4.69, 9.17) is 23.2 Å². The average molecular weight is 434 g/mol. The number of rotatable bonds is 4. The Morgan fingerprint density at radius 2 is 1.52 bits per heavy atom. The molecular formula is C18H25Cl2N3O3S. The van der Waals surface area contributed by atoms with Crippen LogP contribution in [0.25, 0.3) is 0 Å². The van der Waals surface area contributed by atoms with Gasteiger partial charge in [0.1, 0.15) is 0 Å². The molecule has 6 nitrogen and oxygen atoms in total. The molecule has 0 aliphatic carbocycles. The maximum absolute atomic E-state index is 12.8. The van der Waals surface area contributed by atoms with Gasteiger partial charge in [-0.3, -0.25) is 9.69 Å². The van der Waals surface area contributed by atoms with Crippen molar-refractivity contribution < 1.29 is 13.2 Å². The predicted octanol–water partition coefficient (Wildman–Crippen LogP) is 2.70. The Hall–Kier alpha value is -0.860. The summed E-state index contributed by atoms with van der Waals surface area (Å²) in [5.41, 5.74) is 0. The highest BCUT2D eigenvalue weighted by Gasteiger charge is 2.30. The summed E-state index contributed by atoms with van der Waals surface area (Å²) in [6.45, 7) is 3.83. The van der Waals surface area contributed by atoms with Crippen molar-refractivity contribution in [1.29, 1.82) is 0 Å². The third-order valence-electron chi connectivity index (χ3n) is 5.18. The number of hydrogen-bond acceptors (Lipinski definition) is 4. The van der Waals surface area contributed by atoms with Gasteiger partial charge in [0.25, 0.3) is 0 Å². The Morgan fingerprint density at radius 3 is 2.11 bits per heavy atom. The third kappa shape index (κ3) is 5.15. The quantitative estimate of drug-likeness (QED) is 0.731. The van der Waals surface area contributed by atoms with Crippen LogP contribution < -0.4 is 0 Å². The highest BCUT2D eigenvalue weighted by Crippen LogP contribution is 2.27. The van der Waals surface area contributed by atoms with E-state index >= 15 is 0 Å². The van der Waals surface area contributed by atoms with Crippen LogP contribution in [-0.2, 0) is 14.8 Å². The zero-order valence-electron chi connectivity index (χ0n) is 15.2. The number of hydrogen-bond donors (Lipinski definition) is 0. The second-order valence-electron chi connectivity index (χ2n) is 7.05. The van der Waals surface area contributed by atoms with Crippen LogP contribution in [0.4, 0.5) is 0 Å². The minimum atomic E-state index is -3.61. The molecule has 0 bridgehead atoms. The number of halogens is 2. The molecule has 2 aliphatic rings. The summed E-state index contributed by atoms with van der Waals surface area (Å²) in [6, 6.07) is 4.35. The molecule has 1 aromatic rings. The van der Waals surface area contributed by atoms with Gasteiger partial charge in [-0.1, -0.05) is 36.0 Å². The first-order valence-electron chi connectivity index (χ1n) is 9.33. The van der Waals surface area contributed by atoms with Crippen molar-refractivity contribution in [3.63, 3.8) is 0 Å². The number of piperazine rings is 1. The SMILES string of the molecule is O=C(CN1CCN(S(=O)(=O)c2ccc(Cl)c(Cl)c2)CC1)N1CCCCCC1. The Morgan fingerprint density at radius 1 is 0.889 bits per heavy atom. The Labute approximate surface area is 171 Å². The molecular weight excluding hydrogens is 409 g/mol. The number of sulfonamides is 1. The monoisotopic (exact) mass is 433 g/mol. The highest BCUT2D eigenvalue weighted by atomic mass is 35.5. The maximum Gasteiger partial charge on any atom is 0.243 e. The van der Waals surface area contributed by atoms with Crippen LogP contribution in [0.5, 0.6) is 0 Å². The molecule has 0 spiro atoms. The highest BCUT2D eigenvalue weighted by molar-refractivity contribution is 7.89. The summed E-state index contributed by atoms with van der Waals surface area (Å²) >= 11 is 11.8. The van der Waals surface area contributed by atoms with Gasteiger partial charge in [-0.25, -0.2) is 8.42 Å². The smallest absolute Gasteiger partial charge is 0.243 e. The maximum atomic E-state index is 12.8. The molecule has 0 aromatic heterocycles. The van der Waals surface area contributed by atoms with Gasteiger partial charge < -0.3 is 4.90 Å². The molecule has 9 heteroatoms. The van der Waals surface area contributed by atoms with Gasteiger partial charge in [-0.05, 0) is 31.0 Å². The Kier molecular flexibility index (Phi) is 7.03. The lowest BCUT2D eigenvalue weighted by Gasteiger charge is -2.34. The molecule has 2 saturated heterocycles. The van der Waals surface area contributed by atoms with Crippen molar-refractivity contribution in [2.75, 3.05) is 45.8 Å². The molecule has 1 aromatic carbocycles. The van der Waals surface area contributed by atoms with Crippen LogP contribution in [0.3, 0.4) is 0 Å². The Balaban J connectivity index is 1.56. The second kappa shape index (κ2) is 9.09. The van der Waals surface area contributed by atoms with Crippen LogP contribution in [0.2, 0.25) is 10.0 Å². The van der Waals surface area contributed by atoms with Crippen LogP contribution in [0.1, 0.15) is 25.7 Å². The van der Waals surface area contributed by atoms with E-state index in [-0.39, 0.29) is 15.8 Å². The topological polar surface area (TPSA) is 60.9 Å². The van der Waals surface area contributed by atoms with E-state index in [0.29, 0.717) is 37.7 Å². The van der Waals surface area contributed by atoms with E-state index in [9.17, 15) is 13.2 Å². The first-order valence-corrected chi connectivity index (χ1v) is 11.5. The zero-order chi connectivity index (χ0) is 19.4. The van der Waals surface area contributed by atoms with E-state index in [0.717, 1.165) is 25.9 Å². The van der Waals surface area contributed by atoms with Gasteiger partial charge in [-0.15, -0.1) is 0 Å². The standard InChI is InChI=1S/C18H25Cl2N3O3S/c19-16-6-5-15(13-17(16)20)27(25,26)23-11-9-21(10-12-23)14-18(24)22-7-3-1-2-4-8-22/h5-6,13H,1-4,7-12,14H2. The largest absolute Gasteiger partial charge is 0.342 e. The minimum Gasteiger partial charge on any atom is -0.342 e. The van der Waals surface area contributed by atoms with E-state index in [2.05, 4.69) is 0 Å². The summed E-state index contributed by atoms with van der Waals surface area (Å²) < 4.78 is 27.0. The van der Waals surface area contributed by atoms with Gasteiger partial charge in [0.2, 0.25) is 15.9 Å². The number of carbonyl (C=O) groups is 1. The van der Waals surface area contributed by atoms with Crippen molar-refractivity contribution in [2.24, 2.45) is 0 Å². The predicted molar refractivity (Wildman–Crippen MR) is 107 cm³/mol. The van der Waals surface area contributed by atoms with E-state index < -0.39 is 10.0 Å². The van der Waals surface area contributed by atoms with Gasteiger partial charge in [0.15, 0.2) is 0 Å². The first kappa shape index (κ1) is 20.9. The van der Waals surface area contributed by atoms with Crippen LogP contribution in [0, 0.1) is 0 Å². The molecule has 0 atom stereocenters. The summed E-state index contributed by atoms with van der Waals surface area (Å²) in [5.74, 6) is 0.151. The van der Waals surface area contributed by atoms with Crippen LogP contribution in [-0.4, -0.2) is 74.2 Å². The fourth-order valence-electron chi connectivity index (χ4n) is 3.53. The van der Waals surface area contributed by atoms with Gasteiger partial charge in [0, 0.05) is 39.3 Å². The molecule has 3 rings (SSSR count). The van der Waals surface area contributed by atoms with Crippen LogP contribution in [0.15, 0.2) is 23.1 Å². The van der Waals surface area contributed by atoms with E-state index in [1.165, 1.54) is 35.3 Å². The molecule has 0 N–H and O–H groups in total. The van der Waals surface area contributed by atoms with E-state index in [1.54, 1.807) is 0 Å². The van der Waals surface area contributed by atoms with Crippen molar-refractivity contribution in [3.05, 3.63) is 28.2 Å². The van der Waals surface area contributed by atoms with Gasteiger partial charge in [0.05, 0.1) is 21.5 Å². The average Bonchev–Trinajstić information content (AvgIpc) is 2.94. The fourth-order valence-corrected chi connectivity index (χ4v) is 5.34. The molecule has 150 valence electrons. The molecule has 0 saturated carbocycles. The van der Waals surface area contributed by atoms with Crippen molar-refractivity contribution in [3.8, 4) is 0 Å². The minimum absolute atomic E-state index is 0.144. The Bertz CT molecular complexity index is 772. The normalized spacial score (nSPS) is 20.4. The van der Waals surface area contributed by atoms with Crippen molar-refractivity contribution in [1.82, 2.24) is 14.1 Å². The number of carbonyl (C=O) groups excluding carboxylic acids is 1. The summed E-state index contributed by atoms with van der Waals surface area (Å²) in [5, 5.41) is 0.548. The van der Waals surface area contributed by atoms with Gasteiger partial charge >= 0.3 is 0 Å². The number of likely N-dealkylation sites (tertiary alicyclic amines) is 1. The van der Waals surface area contributed by atoms with E-state index in [1.807, 2.05) is 9.80 Å². The fraction of sp³-hybridized carbons (Fsp3) is 0.611. The molecule has 27 heavy (non-hydrogen) atoms. The number of benzene rings is 1. The summed E-state index contributed by atoms with van der Waals surface area (Å²) in [7, 11) is -3.61. The molecule has 2 fully saturated rings. The number of nitrogens with zero attached hydrogens (tertiary/aromatic N) is 3. The summed E-state index contributed by atoms with van der Waals surface area (Å²) in [6.07, 6.45) is 4.52. The van der Waals surface area contributed by atoms with Crippen molar-refractivity contribution in [2.45, 2.75) is 30.6 Å². The summed E-state index contributed by atoms with van der Waals surface area (Å²) in [4.78, 5) is 16.6. The number of amides is 1. The lowest BCUT2D eigenvalue weighted by Crippen LogP contribution is -2.51.